The Labute approximate surface area is 253 Å². The van der Waals surface area contributed by atoms with Gasteiger partial charge >= 0.3 is 12.1 Å². The summed E-state index contributed by atoms with van der Waals surface area (Å²) < 4.78 is 73.6. The molecule has 1 aromatic heterocycles. The van der Waals surface area contributed by atoms with Gasteiger partial charge in [-0.25, -0.2) is 9.18 Å². The molecule has 0 amide bonds. The summed E-state index contributed by atoms with van der Waals surface area (Å²) in [4.78, 5) is 28.7. The quantitative estimate of drug-likeness (QED) is 0.101. The Bertz CT molecular complexity index is 1700. The number of carbonyl (C=O) groups excluding carboxylic acids is 1. The van der Waals surface area contributed by atoms with Gasteiger partial charge in [0.1, 0.15) is 22.9 Å². The zero-order chi connectivity index (χ0) is 32.3. The Kier molecular flexibility index (Phi) is 9.83. The molecule has 0 spiro atoms. The van der Waals surface area contributed by atoms with Crippen molar-refractivity contribution < 1.29 is 36.2 Å². The topological polar surface area (TPSA) is 69.0 Å². The number of ether oxygens (including phenoxy) is 2. The normalized spacial score (nSPS) is 12.0. The molecule has 4 aromatic rings. The highest BCUT2D eigenvalue weighted by Gasteiger charge is 2.41. The van der Waals surface area contributed by atoms with Crippen LogP contribution in [-0.2, 0) is 12.7 Å². The number of rotatable bonds is 10. The summed E-state index contributed by atoms with van der Waals surface area (Å²) in [5, 5.41) is -0.164. The first-order valence-corrected chi connectivity index (χ1v) is 14.3. The number of alkyl halides is 3. The van der Waals surface area contributed by atoms with Gasteiger partial charge in [0, 0.05) is 19.6 Å². The maximum atomic E-state index is 14.5. The first kappa shape index (κ1) is 32.7. The lowest BCUT2D eigenvalue weighted by atomic mass is 10.1. The fourth-order valence-corrected chi connectivity index (χ4v) is 4.90. The van der Waals surface area contributed by atoms with E-state index < -0.39 is 34.9 Å². The molecule has 0 saturated carbocycles. The molecule has 0 unspecified atom stereocenters. The minimum absolute atomic E-state index is 0.0251. The summed E-state index contributed by atoms with van der Waals surface area (Å²) in [6, 6.07) is 12.0. The van der Waals surface area contributed by atoms with Crippen LogP contribution >= 0.6 is 0 Å². The second kappa shape index (κ2) is 13.2. The van der Waals surface area contributed by atoms with Crippen LogP contribution in [0, 0.1) is 31.5 Å². The summed E-state index contributed by atoms with van der Waals surface area (Å²) in [5.41, 5.74) is 0.420. The van der Waals surface area contributed by atoms with Crippen LogP contribution in [0.5, 0.6) is 17.2 Å². The van der Waals surface area contributed by atoms with Gasteiger partial charge in [0.25, 0.3) is 5.76 Å². The lowest BCUT2D eigenvalue weighted by Crippen LogP contribution is -2.31. The summed E-state index contributed by atoms with van der Waals surface area (Å²) in [6.07, 6.45) is -5.09. The summed E-state index contributed by atoms with van der Waals surface area (Å²) in [6.45, 7) is 12.8. The van der Waals surface area contributed by atoms with Crippen molar-refractivity contribution in [1.29, 1.82) is 0 Å². The molecule has 0 aliphatic heterocycles. The minimum atomic E-state index is -5.09. The molecule has 10 heteroatoms. The Morgan fingerprint density at radius 3 is 2.11 bits per heavy atom. The van der Waals surface area contributed by atoms with E-state index in [2.05, 4.69) is 0 Å². The Balaban J connectivity index is 1.93. The lowest BCUT2D eigenvalue weighted by Gasteiger charge is -2.27. The Morgan fingerprint density at radius 1 is 0.909 bits per heavy atom. The second-order valence-electron chi connectivity index (χ2n) is 11.7. The highest BCUT2D eigenvalue weighted by molar-refractivity contribution is 5.92. The van der Waals surface area contributed by atoms with Crippen LogP contribution in [0.2, 0.25) is 0 Å². The first-order valence-electron chi connectivity index (χ1n) is 14.3. The van der Waals surface area contributed by atoms with E-state index in [-0.39, 0.29) is 52.0 Å². The molecular weight excluding hydrogens is 578 g/mol. The van der Waals surface area contributed by atoms with Gasteiger partial charge in [-0.3, -0.25) is 9.69 Å². The molecule has 44 heavy (non-hydrogen) atoms. The summed E-state index contributed by atoms with van der Waals surface area (Å²) >= 11 is 0. The molecule has 0 saturated heterocycles. The van der Waals surface area contributed by atoms with E-state index in [1.54, 1.807) is 13.0 Å². The predicted octanol–water partition coefficient (Wildman–Crippen LogP) is 8.69. The van der Waals surface area contributed by atoms with Gasteiger partial charge in [-0.1, -0.05) is 33.8 Å². The summed E-state index contributed by atoms with van der Waals surface area (Å²) in [7, 11) is 0. The third kappa shape index (κ3) is 7.66. The summed E-state index contributed by atoms with van der Waals surface area (Å²) in [5.74, 6) is -3.62. The van der Waals surface area contributed by atoms with E-state index in [0.29, 0.717) is 13.1 Å². The van der Waals surface area contributed by atoms with Crippen molar-refractivity contribution in [2.45, 2.75) is 54.3 Å². The van der Waals surface area contributed by atoms with E-state index >= 15 is 0 Å². The molecule has 234 valence electrons. The largest absolute Gasteiger partial charge is 0.453 e. The SMILES string of the molecule is Cc1ccc(Oc2c(C(F)(F)F)oc3c(CN(CC(C)C)CC(C)C)c(OC(=O)c4ccc(F)cc4)ccc3c2=O)cc1C. The van der Waals surface area contributed by atoms with Gasteiger partial charge in [0.05, 0.1) is 16.5 Å². The van der Waals surface area contributed by atoms with Gasteiger partial charge in [-0.2, -0.15) is 13.2 Å². The molecule has 3 aromatic carbocycles. The smallest absolute Gasteiger partial charge is 0.449 e. The van der Waals surface area contributed by atoms with Crippen molar-refractivity contribution in [3.05, 3.63) is 98.7 Å². The molecule has 0 bridgehead atoms. The fraction of sp³-hybridized carbons (Fsp3) is 0.353. The minimum Gasteiger partial charge on any atom is -0.449 e. The van der Waals surface area contributed by atoms with Gasteiger partial charge in [0.15, 0.2) is 0 Å². The number of hydrogen-bond donors (Lipinski definition) is 0. The molecule has 0 N–H and O–H groups in total. The van der Waals surface area contributed by atoms with Gasteiger partial charge < -0.3 is 13.9 Å². The molecule has 4 rings (SSSR count). The van der Waals surface area contributed by atoms with Crippen LogP contribution in [0.25, 0.3) is 11.0 Å². The zero-order valence-corrected chi connectivity index (χ0v) is 25.5. The Morgan fingerprint density at radius 2 is 1.55 bits per heavy atom. The van der Waals surface area contributed by atoms with Crippen LogP contribution in [0.3, 0.4) is 0 Å². The average Bonchev–Trinajstić information content (AvgIpc) is 2.92. The number of carbonyl (C=O) groups is 1. The van der Waals surface area contributed by atoms with E-state index in [9.17, 15) is 27.2 Å². The van der Waals surface area contributed by atoms with E-state index in [1.807, 2.05) is 39.5 Å². The van der Waals surface area contributed by atoms with E-state index in [0.717, 1.165) is 23.3 Å². The van der Waals surface area contributed by atoms with Crippen LogP contribution in [0.1, 0.15) is 60.5 Å². The van der Waals surface area contributed by atoms with Gasteiger partial charge in [-0.15, -0.1) is 0 Å². The van der Waals surface area contributed by atoms with Crippen molar-refractivity contribution in [1.82, 2.24) is 4.90 Å². The monoisotopic (exact) mass is 613 g/mol. The zero-order valence-electron chi connectivity index (χ0n) is 25.5. The molecule has 0 radical (unpaired) electrons. The third-order valence-corrected chi connectivity index (χ3v) is 6.95. The number of aryl methyl sites for hydroxylation is 2. The van der Waals surface area contributed by atoms with Crippen molar-refractivity contribution in [3.8, 4) is 17.2 Å². The maximum absolute atomic E-state index is 14.5. The van der Waals surface area contributed by atoms with Crippen molar-refractivity contribution >= 4 is 16.9 Å². The molecule has 0 aliphatic carbocycles. The molecular formula is C34H35F4NO5. The molecule has 0 aliphatic rings. The molecule has 6 nitrogen and oxygen atoms in total. The highest BCUT2D eigenvalue weighted by Crippen LogP contribution is 2.40. The van der Waals surface area contributed by atoms with Crippen LogP contribution in [0.4, 0.5) is 17.6 Å². The van der Waals surface area contributed by atoms with Crippen molar-refractivity contribution in [3.63, 3.8) is 0 Å². The third-order valence-electron chi connectivity index (χ3n) is 6.95. The number of nitrogens with zero attached hydrogens (tertiary/aromatic N) is 1. The number of fused-ring (bicyclic) bond motifs is 1. The highest BCUT2D eigenvalue weighted by atomic mass is 19.4. The van der Waals surface area contributed by atoms with Crippen molar-refractivity contribution in [2.24, 2.45) is 11.8 Å². The van der Waals surface area contributed by atoms with E-state index in [1.165, 1.54) is 36.4 Å². The van der Waals surface area contributed by atoms with E-state index in [4.69, 9.17) is 13.9 Å². The van der Waals surface area contributed by atoms with Crippen LogP contribution < -0.4 is 14.9 Å². The van der Waals surface area contributed by atoms with Crippen LogP contribution in [0.15, 0.2) is 63.8 Å². The van der Waals surface area contributed by atoms with Crippen LogP contribution in [-0.4, -0.2) is 24.0 Å². The van der Waals surface area contributed by atoms with Crippen molar-refractivity contribution in [2.75, 3.05) is 13.1 Å². The van der Waals surface area contributed by atoms with Gasteiger partial charge in [0.2, 0.25) is 11.2 Å². The number of hydrogen-bond acceptors (Lipinski definition) is 6. The fourth-order valence-electron chi connectivity index (χ4n) is 4.90. The first-order chi connectivity index (χ1) is 20.6. The predicted molar refractivity (Wildman–Crippen MR) is 160 cm³/mol. The lowest BCUT2D eigenvalue weighted by molar-refractivity contribution is -0.154. The number of esters is 1. The second-order valence-corrected chi connectivity index (χ2v) is 11.7. The standard InChI is InChI=1S/C34H35F4NO5/c1-19(2)16-39(17-20(3)4)18-27-28(43-33(41)23-8-10-24(35)11-9-23)14-13-26-29(40)31(32(34(36,37)38)44-30(26)27)42-25-12-7-21(5)22(6)15-25/h7-15,19-20H,16-18H2,1-6H3. The molecule has 1 heterocycles. The maximum Gasteiger partial charge on any atom is 0.453 e. The molecule has 0 fully saturated rings. The number of benzene rings is 3. The van der Waals surface area contributed by atoms with Gasteiger partial charge in [-0.05, 0) is 85.3 Å². The average molecular weight is 614 g/mol. The number of halogens is 4. The molecule has 0 atom stereocenters. The Hall–Kier alpha value is -4.18.